The lowest BCUT2D eigenvalue weighted by atomic mass is 10.1. The van der Waals surface area contributed by atoms with Gasteiger partial charge >= 0.3 is 0 Å². The summed E-state index contributed by atoms with van der Waals surface area (Å²) in [4.78, 5) is 8.74. The summed E-state index contributed by atoms with van der Waals surface area (Å²) in [6.07, 6.45) is 5.70. The van der Waals surface area contributed by atoms with E-state index in [1.54, 1.807) is 12.5 Å². The highest BCUT2D eigenvalue weighted by atomic mass is 16.3. The van der Waals surface area contributed by atoms with Gasteiger partial charge in [0.2, 0.25) is 5.89 Å². The topological polar surface area (TPSA) is 75.6 Å². The minimum Gasteiger partial charge on any atom is -0.448 e. The van der Waals surface area contributed by atoms with Crippen LogP contribution >= 0.6 is 0 Å². The van der Waals surface area contributed by atoms with E-state index >= 15 is 0 Å². The van der Waals surface area contributed by atoms with Gasteiger partial charge in [0.1, 0.15) is 12.1 Å². The predicted molar refractivity (Wildman–Crippen MR) is 86.7 cm³/mol. The van der Waals surface area contributed by atoms with Crippen LogP contribution in [0.5, 0.6) is 0 Å². The standard InChI is InChI=1S/C16H19N7O/c1-21(10-15-17-6-7-24-15)12-8-22(9-12)14-5-4-13-18-19-16(11-2-3-11)23(13)20-14/h4-7,11-12H,2-3,8-10H2,1H3. The zero-order valence-electron chi connectivity index (χ0n) is 13.5. The van der Waals surface area contributed by atoms with E-state index in [9.17, 15) is 0 Å². The number of hydrogen-bond acceptors (Lipinski definition) is 7. The summed E-state index contributed by atoms with van der Waals surface area (Å²) < 4.78 is 7.23. The van der Waals surface area contributed by atoms with Crippen molar-refractivity contribution in [1.82, 2.24) is 29.7 Å². The first-order valence-corrected chi connectivity index (χ1v) is 8.34. The van der Waals surface area contributed by atoms with Crippen LogP contribution in [0.25, 0.3) is 5.65 Å². The van der Waals surface area contributed by atoms with Crippen LogP contribution in [0.4, 0.5) is 5.82 Å². The van der Waals surface area contributed by atoms with E-state index in [1.807, 2.05) is 16.6 Å². The molecule has 1 saturated heterocycles. The van der Waals surface area contributed by atoms with E-state index in [0.717, 1.165) is 42.8 Å². The van der Waals surface area contributed by atoms with Crippen LogP contribution in [-0.2, 0) is 6.54 Å². The number of oxazole rings is 1. The first-order valence-electron chi connectivity index (χ1n) is 8.34. The summed E-state index contributed by atoms with van der Waals surface area (Å²) in [7, 11) is 2.10. The molecule has 5 rings (SSSR count). The summed E-state index contributed by atoms with van der Waals surface area (Å²) in [5, 5.41) is 13.3. The van der Waals surface area contributed by atoms with Crippen LogP contribution in [0.1, 0.15) is 30.5 Å². The van der Waals surface area contributed by atoms with Gasteiger partial charge in [0.25, 0.3) is 0 Å². The largest absolute Gasteiger partial charge is 0.448 e. The molecule has 24 heavy (non-hydrogen) atoms. The smallest absolute Gasteiger partial charge is 0.208 e. The maximum absolute atomic E-state index is 5.32. The Kier molecular flexibility index (Phi) is 3.05. The Bertz CT molecular complexity index is 849. The van der Waals surface area contributed by atoms with E-state index in [1.165, 1.54) is 12.8 Å². The molecule has 1 aliphatic heterocycles. The van der Waals surface area contributed by atoms with Gasteiger partial charge in [0, 0.05) is 25.0 Å². The Labute approximate surface area is 139 Å². The molecule has 0 N–H and O–H groups in total. The van der Waals surface area contributed by atoms with E-state index in [0.29, 0.717) is 12.0 Å². The summed E-state index contributed by atoms with van der Waals surface area (Å²) >= 11 is 0. The SMILES string of the molecule is CN(Cc1ncco1)C1CN(c2ccc3nnc(C4CC4)n3n2)C1. The number of anilines is 1. The molecule has 0 atom stereocenters. The average molecular weight is 325 g/mol. The molecule has 8 heteroatoms. The van der Waals surface area contributed by atoms with Gasteiger partial charge in [0.05, 0.1) is 12.7 Å². The summed E-state index contributed by atoms with van der Waals surface area (Å²) in [6.45, 7) is 2.64. The summed E-state index contributed by atoms with van der Waals surface area (Å²) in [5.41, 5.74) is 0.832. The molecule has 0 spiro atoms. The van der Waals surface area contributed by atoms with Crippen molar-refractivity contribution in [1.29, 1.82) is 0 Å². The second-order valence-electron chi connectivity index (χ2n) is 6.69. The Balaban J connectivity index is 1.28. The molecule has 4 heterocycles. The molecular formula is C16H19N7O. The van der Waals surface area contributed by atoms with Crippen LogP contribution in [0, 0.1) is 0 Å². The van der Waals surface area contributed by atoms with Gasteiger partial charge in [-0.1, -0.05) is 0 Å². The molecule has 2 aliphatic rings. The van der Waals surface area contributed by atoms with Gasteiger partial charge in [-0.2, -0.15) is 4.52 Å². The second kappa shape index (κ2) is 5.27. The number of hydrogen-bond donors (Lipinski definition) is 0. The highest BCUT2D eigenvalue weighted by Gasteiger charge is 2.33. The number of fused-ring (bicyclic) bond motifs is 1. The quantitative estimate of drug-likeness (QED) is 0.700. The van der Waals surface area contributed by atoms with E-state index in [2.05, 4.69) is 32.0 Å². The molecule has 124 valence electrons. The zero-order valence-corrected chi connectivity index (χ0v) is 13.5. The molecule has 1 saturated carbocycles. The van der Waals surface area contributed by atoms with Crippen LogP contribution in [0.3, 0.4) is 0 Å². The first-order chi connectivity index (χ1) is 11.8. The minimum atomic E-state index is 0.484. The number of aromatic nitrogens is 5. The van der Waals surface area contributed by atoms with Crippen molar-refractivity contribution in [2.45, 2.75) is 31.3 Å². The van der Waals surface area contributed by atoms with Crippen LogP contribution in [0.15, 0.2) is 29.0 Å². The van der Waals surface area contributed by atoms with Crippen molar-refractivity contribution in [2.24, 2.45) is 0 Å². The van der Waals surface area contributed by atoms with Crippen LogP contribution in [-0.4, -0.2) is 55.9 Å². The molecule has 1 aliphatic carbocycles. The van der Waals surface area contributed by atoms with Crippen molar-refractivity contribution in [2.75, 3.05) is 25.0 Å². The molecular weight excluding hydrogens is 306 g/mol. The summed E-state index contributed by atoms with van der Waals surface area (Å²) in [5.74, 6) is 3.29. The summed E-state index contributed by atoms with van der Waals surface area (Å²) in [6, 6.07) is 4.52. The Morgan fingerprint density at radius 3 is 2.88 bits per heavy atom. The fraction of sp³-hybridized carbons (Fsp3) is 0.500. The number of likely N-dealkylation sites (N-methyl/N-ethyl adjacent to an activating group) is 1. The molecule has 3 aromatic rings. The third-order valence-corrected chi connectivity index (χ3v) is 4.89. The molecule has 0 amide bonds. The van der Waals surface area contributed by atoms with Crippen LogP contribution < -0.4 is 4.90 Å². The van der Waals surface area contributed by atoms with Crippen molar-refractivity contribution in [3.8, 4) is 0 Å². The third kappa shape index (κ3) is 2.34. The minimum absolute atomic E-state index is 0.484. The second-order valence-corrected chi connectivity index (χ2v) is 6.69. The van der Waals surface area contributed by atoms with Gasteiger partial charge in [-0.3, -0.25) is 4.90 Å². The molecule has 2 fully saturated rings. The monoisotopic (exact) mass is 325 g/mol. The molecule has 0 unspecified atom stereocenters. The lowest BCUT2D eigenvalue weighted by Crippen LogP contribution is -2.58. The third-order valence-electron chi connectivity index (χ3n) is 4.89. The lowest BCUT2D eigenvalue weighted by Gasteiger charge is -2.44. The van der Waals surface area contributed by atoms with E-state index < -0.39 is 0 Å². The fourth-order valence-corrected chi connectivity index (χ4v) is 3.16. The molecule has 0 bridgehead atoms. The van der Waals surface area contributed by atoms with Gasteiger partial charge in [-0.15, -0.1) is 15.3 Å². The Morgan fingerprint density at radius 2 is 2.12 bits per heavy atom. The van der Waals surface area contributed by atoms with E-state index in [-0.39, 0.29) is 0 Å². The maximum Gasteiger partial charge on any atom is 0.208 e. The highest BCUT2D eigenvalue weighted by Crippen LogP contribution is 2.38. The molecule has 0 radical (unpaired) electrons. The lowest BCUT2D eigenvalue weighted by molar-refractivity contribution is 0.180. The van der Waals surface area contributed by atoms with Gasteiger partial charge in [-0.05, 0) is 32.0 Å². The zero-order chi connectivity index (χ0) is 16.1. The van der Waals surface area contributed by atoms with Crippen molar-refractivity contribution >= 4 is 11.5 Å². The number of rotatable bonds is 5. The average Bonchev–Trinajstić information content (AvgIpc) is 3.08. The Morgan fingerprint density at radius 1 is 1.25 bits per heavy atom. The Hall–Kier alpha value is -2.48. The molecule has 3 aromatic heterocycles. The predicted octanol–water partition coefficient (Wildman–Crippen LogP) is 1.31. The van der Waals surface area contributed by atoms with Gasteiger partial charge in [0.15, 0.2) is 11.5 Å². The van der Waals surface area contributed by atoms with Crippen molar-refractivity contribution in [3.05, 3.63) is 36.3 Å². The van der Waals surface area contributed by atoms with Gasteiger partial charge < -0.3 is 9.32 Å². The highest BCUT2D eigenvalue weighted by molar-refractivity contribution is 5.48. The normalized spacial score (nSPS) is 18.5. The van der Waals surface area contributed by atoms with Crippen molar-refractivity contribution < 1.29 is 4.42 Å². The van der Waals surface area contributed by atoms with Crippen molar-refractivity contribution in [3.63, 3.8) is 0 Å². The van der Waals surface area contributed by atoms with Crippen LogP contribution in [0.2, 0.25) is 0 Å². The first kappa shape index (κ1) is 13.9. The molecule has 8 nitrogen and oxygen atoms in total. The molecule has 0 aromatic carbocycles. The van der Waals surface area contributed by atoms with Gasteiger partial charge in [-0.25, -0.2) is 4.98 Å². The fourth-order valence-electron chi connectivity index (χ4n) is 3.16. The maximum atomic E-state index is 5.32. The number of nitrogens with zero attached hydrogens (tertiary/aromatic N) is 7. The van der Waals surface area contributed by atoms with E-state index in [4.69, 9.17) is 9.52 Å².